The molecule has 1 N–H and O–H groups in total. The van der Waals surface area contributed by atoms with Crippen LogP contribution in [0.25, 0.3) is 0 Å². The minimum atomic E-state index is 0.765. The van der Waals surface area contributed by atoms with Crippen LogP contribution in [0.1, 0.15) is 72.1 Å². The fourth-order valence-electron chi connectivity index (χ4n) is 3.93. The summed E-state index contributed by atoms with van der Waals surface area (Å²) in [5.74, 6) is 3.64. The number of rotatable bonds is 11. The van der Waals surface area contributed by atoms with E-state index in [1.54, 1.807) is 0 Å². The topological polar surface area (TPSA) is 21.3 Å². The SMILES string of the molecule is CCCC1CCC(CNCC(C)C)C(CCCCOC)C1. The highest BCUT2D eigenvalue weighted by molar-refractivity contribution is 4.81. The van der Waals surface area contributed by atoms with Crippen molar-refractivity contribution in [2.75, 3.05) is 26.8 Å². The van der Waals surface area contributed by atoms with Crippen LogP contribution in [0.2, 0.25) is 0 Å². The molecule has 1 fully saturated rings. The Morgan fingerprint density at radius 1 is 1.10 bits per heavy atom. The van der Waals surface area contributed by atoms with Gasteiger partial charge < -0.3 is 10.1 Å². The second kappa shape index (κ2) is 11.5. The predicted octanol–water partition coefficient (Wildman–Crippen LogP) is 4.88. The molecule has 0 saturated heterocycles. The van der Waals surface area contributed by atoms with Crippen LogP contribution in [0.4, 0.5) is 0 Å². The summed E-state index contributed by atoms with van der Waals surface area (Å²) in [6, 6.07) is 0. The van der Waals surface area contributed by atoms with Gasteiger partial charge in [0.05, 0.1) is 0 Å². The van der Waals surface area contributed by atoms with E-state index >= 15 is 0 Å². The van der Waals surface area contributed by atoms with Gasteiger partial charge in [-0.1, -0.05) is 52.9 Å². The van der Waals surface area contributed by atoms with Crippen molar-refractivity contribution in [3.63, 3.8) is 0 Å². The summed E-state index contributed by atoms with van der Waals surface area (Å²) in [4.78, 5) is 0. The zero-order valence-electron chi connectivity index (χ0n) is 15.0. The Hall–Kier alpha value is -0.0800. The molecule has 0 radical (unpaired) electrons. The summed E-state index contributed by atoms with van der Waals surface area (Å²) in [5, 5.41) is 3.71. The smallest absolute Gasteiger partial charge is 0.0462 e. The van der Waals surface area contributed by atoms with Crippen LogP contribution in [0.5, 0.6) is 0 Å². The lowest BCUT2D eigenvalue weighted by Crippen LogP contribution is -2.34. The quantitative estimate of drug-likeness (QED) is 0.549. The first-order valence-corrected chi connectivity index (χ1v) is 9.37. The maximum absolute atomic E-state index is 5.20. The summed E-state index contributed by atoms with van der Waals surface area (Å²) in [6.45, 7) is 10.3. The number of hydrogen-bond donors (Lipinski definition) is 1. The Bertz CT molecular complexity index is 242. The summed E-state index contributed by atoms with van der Waals surface area (Å²) < 4.78 is 5.20. The summed E-state index contributed by atoms with van der Waals surface area (Å²) in [7, 11) is 1.82. The van der Waals surface area contributed by atoms with Crippen molar-refractivity contribution in [3.05, 3.63) is 0 Å². The third kappa shape index (κ3) is 8.21. The highest BCUT2D eigenvalue weighted by Crippen LogP contribution is 2.38. The van der Waals surface area contributed by atoms with E-state index in [0.29, 0.717) is 0 Å². The maximum Gasteiger partial charge on any atom is 0.0462 e. The fraction of sp³-hybridized carbons (Fsp3) is 1.00. The molecule has 1 aliphatic rings. The molecule has 126 valence electrons. The third-order valence-corrected chi connectivity index (χ3v) is 5.08. The van der Waals surface area contributed by atoms with E-state index in [-0.39, 0.29) is 0 Å². The van der Waals surface area contributed by atoms with Crippen molar-refractivity contribution in [2.24, 2.45) is 23.7 Å². The number of ether oxygens (including phenoxy) is 1. The van der Waals surface area contributed by atoms with Gasteiger partial charge in [-0.05, 0) is 56.0 Å². The molecule has 3 atom stereocenters. The minimum Gasteiger partial charge on any atom is -0.385 e. The number of nitrogens with one attached hydrogen (secondary N) is 1. The van der Waals surface area contributed by atoms with Gasteiger partial charge in [0, 0.05) is 13.7 Å². The molecule has 0 aromatic carbocycles. The van der Waals surface area contributed by atoms with Crippen LogP contribution in [-0.4, -0.2) is 26.8 Å². The highest BCUT2D eigenvalue weighted by Gasteiger charge is 2.29. The first-order valence-electron chi connectivity index (χ1n) is 9.37. The molecule has 1 saturated carbocycles. The molecule has 2 heteroatoms. The molecule has 0 heterocycles. The molecule has 0 amide bonds. The van der Waals surface area contributed by atoms with Gasteiger partial charge >= 0.3 is 0 Å². The van der Waals surface area contributed by atoms with Gasteiger partial charge in [-0.2, -0.15) is 0 Å². The summed E-state index contributed by atoms with van der Waals surface area (Å²) in [5.41, 5.74) is 0. The van der Waals surface area contributed by atoms with Crippen molar-refractivity contribution in [1.29, 1.82) is 0 Å². The third-order valence-electron chi connectivity index (χ3n) is 5.08. The van der Waals surface area contributed by atoms with Crippen molar-refractivity contribution in [2.45, 2.75) is 72.1 Å². The molecule has 0 aromatic heterocycles. The number of methoxy groups -OCH3 is 1. The van der Waals surface area contributed by atoms with Crippen LogP contribution in [0.15, 0.2) is 0 Å². The molecule has 1 aliphatic carbocycles. The number of unbranched alkanes of at least 4 members (excludes halogenated alkanes) is 1. The average molecular weight is 298 g/mol. The lowest BCUT2D eigenvalue weighted by atomic mass is 9.71. The van der Waals surface area contributed by atoms with E-state index in [9.17, 15) is 0 Å². The second-order valence-corrected chi connectivity index (χ2v) is 7.53. The van der Waals surface area contributed by atoms with Gasteiger partial charge in [-0.25, -0.2) is 0 Å². The van der Waals surface area contributed by atoms with Gasteiger partial charge in [0.25, 0.3) is 0 Å². The molecule has 1 rings (SSSR count). The van der Waals surface area contributed by atoms with Crippen LogP contribution < -0.4 is 5.32 Å². The van der Waals surface area contributed by atoms with Crippen LogP contribution >= 0.6 is 0 Å². The monoisotopic (exact) mass is 297 g/mol. The lowest BCUT2D eigenvalue weighted by Gasteiger charge is -2.37. The average Bonchev–Trinajstić information content (AvgIpc) is 2.45. The van der Waals surface area contributed by atoms with Crippen molar-refractivity contribution in [3.8, 4) is 0 Å². The molecule has 2 nitrogen and oxygen atoms in total. The Kier molecular flexibility index (Phi) is 10.4. The van der Waals surface area contributed by atoms with E-state index in [0.717, 1.165) is 30.3 Å². The predicted molar refractivity (Wildman–Crippen MR) is 92.7 cm³/mol. The molecule has 0 aromatic rings. The van der Waals surface area contributed by atoms with Crippen molar-refractivity contribution >= 4 is 0 Å². The number of hydrogen-bond acceptors (Lipinski definition) is 2. The van der Waals surface area contributed by atoms with Crippen LogP contribution in [-0.2, 0) is 4.74 Å². The van der Waals surface area contributed by atoms with Crippen LogP contribution in [0, 0.1) is 23.7 Å². The van der Waals surface area contributed by atoms with Gasteiger partial charge in [0.2, 0.25) is 0 Å². The Morgan fingerprint density at radius 2 is 1.90 bits per heavy atom. The molecule has 0 aliphatic heterocycles. The normalized spacial score (nSPS) is 26.4. The van der Waals surface area contributed by atoms with Gasteiger partial charge in [-0.15, -0.1) is 0 Å². The van der Waals surface area contributed by atoms with E-state index in [2.05, 4.69) is 26.1 Å². The maximum atomic E-state index is 5.20. The standard InChI is InChI=1S/C19H39NO/c1-5-8-17-10-11-19(15-20-14-16(2)3)18(13-17)9-6-7-12-21-4/h16-20H,5-15H2,1-4H3. The largest absolute Gasteiger partial charge is 0.385 e. The highest BCUT2D eigenvalue weighted by atomic mass is 16.5. The van der Waals surface area contributed by atoms with Gasteiger partial charge in [0.15, 0.2) is 0 Å². The molecular formula is C19H39NO. The van der Waals surface area contributed by atoms with Crippen molar-refractivity contribution in [1.82, 2.24) is 5.32 Å². The fourth-order valence-corrected chi connectivity index (χ4v) is 3.93. The Labute approximate surface area is 133 Å². The minimum absolute atomic E-state index is 0.765. The van der Waals surface area contributed by atoms with Gasteiger partial charge in [0.1, 0.15) is 0 Å². The van der Waals surface area contributed by atoms with E-state index in [4.69, 9.17) is 4.74 Å². The molecule has 3 unspecified atom stereocenters. The zero-order chi connectivity index (χ0) is 15.5. The molecular weight excluding hydrogens is 258 g/mol. The summed E-state index contributed by atoms with van der Waals surface area (Å²) >= 11 is 0. The first kappa shape index (κ1) is 19.0. The molecule has 0 bridgehead atoms. The van der Waals surface area contributed by atoms with E-state index in [1.165, 1.54) is 64.5 Å². The van der Waals surface area contributed by atoms with E-state index < -0.39 is 0 Å². The molecule has 0 spiro atoms. The molecule has 21 heavy (non-hydrogen) atoms. The summed E-state index contributed by atoms with van der Waals surface area (Å²) in [6.07, 6.45) is 11.2. The Balaban J connectivity index is 2.37. The lowest BCUT2D eigenvalue weighted by molar-refractivity contribution is 0.147. The first-order chi connectivity index (χ1) is 10.2. The van der Waals surface area contributed by atoms with Crippen LogP contribution in [0.3, 0.4) is 0 Å². The second-order valence-electron chi connectivity index (χ2n) is 7.53. The zero-order valence-corrected chi connectivity index (χ0v) is 15.0. The Morgan fingerprint density at radius 3 is 2.57 bits per heavy atom. The van der Waals surface area contributed by atoms with Gasteiger partial charge in [-0.3, -0.25) is 0 Å². The van der Waals surface area contributed by atoms with Crippen molar-refractivity contribution < 1.29 is 4.74 Å². The van der Waals surface area contributed by atoms with E-state index in [1.807, 2.05) is 7.11 Å².